The number of sulfonamides is 1. The number of hydrogen-bond acceptors (Lipinski definition) is 4. The zero-order valence-electron chi connectivity index (χ0n) is 13.7. The molecule has 0 aliphatic carbocycles. The molecule has 2 rings (SSSR count). The average Bonchev–Trinajstić information content (AvgIpc) is 2.52. The smallest absolute Gasteiger partial charge is 0.276 e. The van der Waals surface area contributed by atoms with E-state index in [0.29, 0.717) is 6.61 Å². The fourth-order valence-electron chi connectivity index (χ4n) is 1.97. The highest BCUT2D eigenvalue weighted by Crippen LogP contribution is 2.25. The highest BCUT2D eigenvalue weighted by molar-refractivity contribution is 9.10. The van der Waals surface area contributed by atoms with Gasteiger partial charge in [0.05, 0.1) is 22.2 Å². The van der Waals surface area contributed by atoms with Gasteiger partial charge in [-0.05, 0) is 83.7 Å². The first-order valence-corrected chi connectivity index (χ1v) is 9.65. The molecule has 24 heavy (non-hydrogen) atoms. The molecule has 0 radical (unpaired) electrons. The Morgan fingerprint density at radius 3 is 2.54 bits per heavy atom. The van der Waals surface area contributed by atoms with E-state index >= 15 is 0 Å². The van der Waals surface area contributed by atoms with Gasteiger partial charge in [-0.15, -0.1) is 0 Å². The minimum absolute atomic E-state index is 0.190. The van der Waals surface area contributed by atoms with Crippen LogP contribution in [0, 0.1) is 13.8 Å². The fraction of sp³-hybridized carbons (Fsp3) is 0.235. The molecule has 1 N–H and O–H groups in total. The molecule has 2 aromatic rings. The Kier molecular flexibility index (Phi) is 6.01. The molecule has 0 unspecified atom stereocenters. The molecule has 0 fully saturated rings. The molecule has 0 saturated carbocycles. The molecule has 128 valence electrons. The van der Waals surface area contributed by atoms with Crippen molar-refractivity contribution in [2.75, 3.05) is 6.61 Å². The van der Waals surface area contributed by atoms with Crippen molar-refractivity contribution >= 4 is 32.2 Å². The van der Waals surface area contributed by atoms with E-state index in [1.165, 1.54) is 6.21 Å². The van der Waals surface area contributed by atoms with E-state index in [4.69, 9.17) is 4.74 Å². The Balaban J connectivity index is 2.12. The van der Waals surface area contributed by atoms with Crippen molar-refractivity contribution in [3.8, 4) is 5.75 Å². The number of halogens is 1. The minimum Gasteiger partial charge on any atom is -0.493 e. The maximum atomic E-state index is 12.2. The van der Waals surface area contributed by atoms with Gasteiger partial charge in [-0.3, -0.25) is 0 Å². The summed E-state index contributed by atoms with van der Waals surface area (Å²) in [4.78, 5) is 2.42. The molecular formula is C17H19BrN2O3S. The van der Waals surface area contributed by atoms with Gasteiger partial charge in [0.1, 0.15) is 5.75 Å². The van der Waals surface area contributed by atoms with Gasteiger partial charge in [-0.25, -0.2) is 4.83 Å². The number of hydrazone groups is 1. The van der Waals surface area contributed by atoms with Gasteiger partial charge in [-0.2, -0.15) is 13.5 Å². The first kappa shape index (κ1) is 18.5. The van der Waals surface area contributed by atoms with Crippen molar-refractivity contribution < 1.29 is 13.2 Å². The molecular weight excluding hydrogens is 392 g/mol. The van der Waals surface area contributed by atoms with Crippen molar-refractivity contribution in [1.29, 1.82) is 0 Å². The second-order valence-corrected chi connectivity index (χ2v) is 7.74. The Hall–Kier alpha value is -1.86. The molecule has 5 nitrogen and oxygen atoms in total. The molecule has 0 bridgehead atoms. The first-order chi connectivity index (χ1) is 11.3. The Bertz CT molecular complexity index is 864. The topological polar surface area (TPSA) is 67.8 Å². The summed E-state index contributed by atoms with van der Waals surface area (Å²) in [6.07, 6.45) is 1.44. The van der Waals surface area contributed by atoms with Crippen LogP contribution < -0.4 is 9.57 Å². The highest BCUT2D eigenvalue weighted by atomic mass is 79.9. The summed E-state index contributed by atoms with van der Waals surface area (Å²) in [5, 5.41) is 3.83. The lowest BCUT2D eigenvalue weighted by Gasteiger charge is -2.07. The molecule has 7 heteroatoms. The molecule has 0 amide bonds. The number of hydrogen-bond donors (Lipinski definition) is 1. The van der Waals surface area contributed by atoms with Crippen molar-refractivity contribution in [2.45, 2.75) is 25.7 Å². The molecule has 0 heterocycles. The van der Waals surface area contributed by atoms with Crippen LogP contribution in [0.2, 0.25) is 0 Å². The third-order valence-electron chi connectivity index (χ3n) is 3.43. The summed E-state index contributed by atoms with van der Waals surface area (Å²) in [5.74, 6) is 0.727. The van der Waals surface area contributed by atoms with Crippen molar-refractivity contribution in [3.63, 3.8) is 0 Å². The summed E-state index contributed by atoms with van der Waals surface area (Å²) in [7, 11) is -3.68. The van der Waals surface area contributed by atoms with Gasteiger partial charge in [0.2, 0.25) is 0 Å². The lowest BCUT2D eigenvalue weighted by Crippen LogP contribution is -2.18. The Morgan fingerprint density at radius 1 is 1.17 bits per heavy atom. The van der Waals surface area contributed by atoms with Crippen LogP contribution in [0.4, 0.5) is 0 Å². The lowest BCUT2D eigenvalue weighted by molar-refractivity contribution is 0.338. The van der Waals surface area contributed by atoms with Crippen molar-refractivity contribution in [1.82, 2.24) is 4.83 Å². The lowest BCUT2D eigenvalue weighted by atomic mass is 10.1. The monoisotopic (exact) mass is 410 g/mol. The van der Waals surface area contributed by atoms with E-state index in [1.807, 2.05) is 20.8 Å². The quantitative estimate of drug-likeness (QED) is 0.581. The van der Waals surface area contributed by atoms with E-state index in [2.05, 4.69) is 25.9 Å². The van der Waals surface area contributed by atoms with Gasteiger partial charge < -0.3 is 4.74 Å². The van der Waals surface area contributed by atoms with Gasteiger partial charge in [0.15, 0.2) is 0 Å². The van der Waals surface area contributed by atoms with Crippen molar-refractivity contribution in [2.24, 2.45) is 5.10 Å². The number of rotatable bonds is 6. The van der Waals surface area contributed by atoms with Gasteiger partial charge in [0.25, 0.3) is 10.0 Å². The van der Waals surface area contributed by atoms with E-state index < -0.39 is 10.0 Å². The van der Waals surface area contributed by atoms with Gasteiger partial charge in [0, 0.05) is 0 Å². The van der Waals surface area contributed by atoms with Crippen LogP contribution >= 0.6 is 15.9 Å². The normalized spacial score (nSPS) is 11.7. The SMILES string of the molecule is CCOc1ccc(/C=N/NS(=O)(=O)c2ccc(C)c(C)c2)cc1Br. The van der Waals surface area contributed by atoms with E-state index in [9.17, 15) is 8.42 Å². The fourth-order valence-corrected chi connectivity index (χ4v) is 3.36. The predicted octanol–water partition coefficient (Wildman–Crippen LogP) is 3.78. The second-order valence-electron chi connectivity index (χ2n) is 5.22. The van der Waals surface area contributed by atoms with Crippen molar-refractivity contribution in [3.05, 3.63) is 57.6 Å². The summed E-state index contributed by atoms with van der Waals surface area (Å²) in [6.45, 7) is 6.28. The number of nitrogens with zero attached hydrogens (tertiary/aromatic N) is 1. The number of benzene rings is 2. The Labute approximate surface area is 150 Å². The molecule has 0 saturated heterocycles. The standard InChI is InChI=1S/C17H19BrN2O3S/c1-4-23-17-8-6-14(10-16(17)18)11-19-20-24(21,22)15-7-5-12(2)13(3)9-15/h5-11,20H,4H2,1-3H3/b19-11+. The third kappa shape index (κ3) is 4.58. The van der Waals surface area contributed by atoms with Crippen LogP contribution in [0.25, 0.3) is 0 Å². The van der Waals surface area contributed by atoms with Crippen LogP contribution in [-0.4, -0.2) is 21.2 Å². The maximum absolute atomic E-state index is 12.2. The zero-order valence-corrected chi connectivity index (χ0v) is 16.1. The van der Waals surface area contributed by atoms with E-state index in [1.54, 1.807) is 36.4 Å². The average molecular weight is 411 g/mol. The maximum Gasteiger partial charge on any atom is 0.276 e. The molecule has 0 aromatic heterocycles. The zero-order chi connectivity index (χ0) is 17.7. The Morgan fingerprint density at radius 2 is 1.92 bits per heavy atom. The molecule has 0 atom stereocenters. The van der Waals surface area contributed by atoms with E-state index in [-0.39, 0.29) is 4.90 Å². The van der Waals surface area contributed by atoms with Gasteiger partial charge >= 0.3 is 0 Å². The number of nitrogens with one attached hydrogen (secondary N) is 1. The van der Waals surface area contributed by atoms with Gasteiger partial charge in [-0.1, -0.05) is 6.07 Å². The summed E-state index contributed by atoms with van der Waals surface area (Å²) in [6, 6.07) is 10.4. The molecule has 0 aliphatic heterocycles. The third-order valence-corrected chi connectivity index (χ3v) is 5.27. The number of aryl methyl sites for hydroxylation is 2. The predicted molar refractivity (Wildman–Crippen MR) is 99.1 cm³/mol. The molecule has 0 spiro atoms. The summed E-state index contributed by atoms with van der Waals surface area (Å²) < 4.78 is 30.7. The van der Waals surface area contributed by atoms with Crippen LogP contribution in [-0.2, 0) is 10.0 Å². The minimum atomic E-state index is -3.68. The second kappa shape index (κ2) is 7.81. The van der Waals surface area contributed by atoms with Crippen LogP contribution in [0.1, 0.15) is 23.6 Å². The van der Waals surface area contributed by atoms with E-state index in [0.717, 1.165) is 26.9 Å². The largest absolute Gasteiger partial charge is 0.493 e. The summed E-state index contributed by atoms with van der Waals surface area (Å²) >= 11 is 3.41. The molecule has 2 aromatic carbocycles. The summed E-state index contributed by atoms with van der Waals surface area (Å²) in [5.41, 5.74) is 2.70. The molecule has 0 aliphatic rings. The van der Waals surface area contributed by atoms with Crippen LogP contribution in [0.5, 0.6) is 5.75 Å². The highest BCUT2D eigenvalue weighted by Gasteiger charge is 2.13. The first-order valence-electron chi connectivity index (χ1n) is 7.38. The van der Waals surface area contributed by atoms with Crippen LogP contribution in [0.3, 0.4) is 0 Å². The number of ether oxygens (including phenoxy) is 1. The van der Waals surface area contributed by atoms with Crippen LogP contribution in [0.15, 0.2) is 50.9 Å².